The lowest BCUT2D eigenvalue weighted by Crippen LogP contribution is -2.54. The van der Waals surface area contributed by atoms with E-state index in [1.807, 2.05) is 0 Å². The number of epoxide rings is 6. The molecule has 6 heterocycles. The molecule has 6 N–H and O–H groups in total. The lowest BCUT2D eigenvalue weighted by Gasteiger charge is -2.44. The van der Waals surface area contributed by atoms with E-state index < -0.39 is 0 Å². The van der Waals surface area contributed by atoms with Gasteiger partial charge < -0.3 is 45.6 Å². The van der Waals surface area contributed by atoms with Crippen molar-refractivity contribution in [3.05, 3.63) is 0 Å². The highest BCUT2D eigenvalue weighted by Crippen LogP contribution is 2.44. The molecule has 0 spiro atoms. The van der Waals surface area contributed by atoms with Crippen LogP contribution in [0.3, 0.4) is 0 Å². The van der Waals surface area contributed by atoms with Crippen LogP contribution in [-0.2, 0) is 28.4 Å². The fourth-order valence-electron chi connectivity index (χ4n) is 6.67. The Morgan fingerprint density at radius 2 is 0.917 bits per heavy atom. The molecule has 0 aliphatic carbocycles. The highest BCUT2D eigenvalue weighted by molar-refractivity contribution is 5.05. The van der Waals surface area contributed by atoms with Crippen LogP contribution >= 0.6 is 0 Å². The Morgan fingerprint density at radius 1 is 0.583 bits per heavy atom. The maximum Gasteiger partial charge on any atom is 0.0827 e. The van der Waals surface area contributed by atoms with Crippen LogP contribution in [0.2, 0.25) is 0 Å². The molecule has 206 valence electrons. The van der Waals surface area contributed by atoms with Crippen molar-refractivity contribution in [3.8, 4) is 0 Å². The molecule has 6 saturated heterocycles. The predicted octanol–water partition coefficient (Wildman–Crippen LogP) is 1.23. The van der Waals surface area contributed by atoms with E-state index in [1.165, 1.54) is 0 Å². The van der Waals surface area contributed by atoms with Crippen molar-refractivity contribution in [2.45, 2.75) is 118 Å². The molecule has 6 aliphatic heterocycles. The summed E-state index contributed by atoms with van der Waals surface area (Å²) in [6.07, 6.45) is 9.80. The fourth-order valence-corrected chi connectivity index (χ4v) is 6.67. The number of rotatable bonds is 19. The first kappa shape index (κ1) is 25.9. The predicted molar refractivity (Wildman–Crippen MR) is 133 cm³/mol. The zero-order valence-electron chi connectivity index (χ0n) is 21.9. The summed E-state index contributed by atoms with van der Waals surface area (Å²) < 4.78 is 33.7. The summed E-state index contributed by atoms with van der Waals surface area (Å²) in [5, 5.41) is 0. The van der Waals surface area contributed by atoms with Crippen LogP contribution in [-0.4, -0.2) is 92.9 Å². The molecule has 0 bridgehead atoms. The van der Waals surface area contributed by atoms with Crippen molar-refractivity contribution in [2.75, 3.05) is 39.6 Å². The molecule has 6 aliphatic rings. The van der Waals surface area contributed by atoms with Gasteiger partial charge in [0.05, 0.1) is 76.3 Å². The van der Waals surface area contributed by atoms with Crippen LogP contribution in [0, 0.1) is 11.8 Å². The SMILES string of the molecule is CC(CC(CCC(N)(CC1CO1)CC1CO1)C(N)(CC1CO1)CC1CO1)C(N)(CC1CO1)CC1CO1. The Hall–Kier alpha value is -0.360. The molecular formula is C27H47N3O6. The Labute approximate surface area is 215 Å². The standard InChI is InChI=1S/C27H47N3O6/c1-17(26(29,7-21-13-33-21)8-22-14-34-22)4-18(27(30,9-23-15-35-23)10-24-16-36-24)2-3-25(28,5-19-11-31-19)6-20-12-32-20/h17-24H,2-16,28-30H2,1H3. The first-order chi connectivity index (χ1) is 17.2. The van der Waals surface area contributed by atoms with Crippen LogP contribution in [0.1, 0.15) is 64.7 Å². The van der Waals surface area contributed by atoms with E-state index in [9.17, 15) is 0 Å². The first-order valence-corrected chi connectivity index (χ1v) is 14.3. The fraction of sp³-hybridized carbons (Fsp3) is 1.00. The lowest BCUT2D eigenvalue weighted by atomic mass is 9.66. The zero-order chi connectivity index (χ0) is 25.0. The normalized spacial score (nSPS) is 40.3. The van der Waals surface area contributed by atoms with Crippen molar-refractivity contribution in [1.29, 1.82) is 0 Å². The Morgan fingerprint density at radius 3 is 1.28 bits per heavy atom. The molecule has 6 rings (SSSR count). The van der Waals surface area contributed by atoms with Gasteiger partial charge in [0.2, 0.25) is 0 Å². The van der Waals surface area contributed by atoms with Gasteiger partial charge in [-0.25, -0.2) is 0 Å². The van der Waals surface area contributed by atoms with Crippen LogP contribution in [0.15, 0.2) is 0 Å². The largest absolute Gasteiger partial charge is 0.373 e. The van der Waals surface area contributed by atoms with Gasteiger partial charge in [-0.05, 0) is 69.6 Å². The Balaban J connectivity index is 1.19. The van der Waals surface area contributed by atoms with Crippen molar-refractivity contribution in [2.24, 2.45) is 29.0 Å². The molecule has 36 heavy (non-hydrogen) atoms. The average molecular weight is 510 g/mol. The highest BCUT2D eigenvalue weighted by atomic mass is 16.6. The van der Waals surface area contributed by atoms with Gasteiger partial charge in [0.15, 0.2) is 0 Å². The van der Waals surface area contributed by atoms with Crippen molar-refractivity contribution in [1.82, 2.24) is 0 Å². The van der Waals surface area contributed by atoms with Gasteiger partial charge in [-0.1, -0.05) is 6.92 Å². The molecule has 0 radical (unpaired) electrons. The summed E-state index contributed by atoms with van der Waals surface area (Å²) in [6, 6.07) is 0. The summed E-state index contributed by atoms with van der Waals surface area (Å²) in [4.78, 5) is 0. The van der Waals surface area contributed by atoms with Gasteiger partial charge in [-0.2, -0.15) is 0 Å². The van der Waals surface area contributed by atoms with E-state index in [1.54, 1.807) is 0 Å². The summed E-state index contributed by atoms with van der Waals surface area (Å²) in [6.45, 7) is 7.22. The van der Waals surface area contributed by atoms with Gasteiger partial charge in [-0.15, -0.1) is 0 Å². The molecule has 0 saturated carbocycles. The second-order valence-corrected chi connectivity index (χ2v) is 13.2. The third-order valence-corrected chi connectivity index (χ3v) is 9.54. The number of nitrogens with two attached hydrogens (primary N) is 3. The quantitative estimate of drug-likeness (QED) is 0.218. The second-order valence-electron chi connectivity index (χ2n) is 13.2. The van der Waals surface area contributed by atoms with E-state index in [0.29, 0.717) is 12.2 Å². The summed E-state index contributed by atoms with van der Waals surface area (Å²) >= 11 is 0. The molecule has 8 atom stereocenters. The topological polar surface area (TPSA) is 153 Å². The number of ether oxygens (including phenoxy) is 6. The number of hydrogen-bond donors (Lipinski definition) is 3. The van der Waals surface area contributed by atoms with Crippen LogP contribution in [0.4, 0.5) is 0 Å². The molecule has 0 aromatic carbocycles. The van der Waals surface area contributed by atoms with E-state index in [-0.39, 0.29) is 52.9 Å². The Kier molecular flexibility index (Phi) is 7.19. The van der Waals surface area contributed by atoms with Gasteiger partial charge >= 0.3 is 0 Å². The molecular weight excluding hydrogens is 462 g/mol. The molecule has 9 heteroatoms. The van der Waals surface area contributed by atoms with E-state index in [4.69, 9.17) is 45.6 Å². The van der Waals surface area contributed by atoms with Crippen LogP contribution in [0.5, 0.6) is 0 Å². The molecule has 8 unspecified atom stereocenters. The lowest BCUT2D eigenvalue weighted by molar-refractivity contribution is 0.111. The monoisotopic (exact) mass is 509 g/mol. The highest BCUT2D eigenvalue weighted by Gasteiger charge is 2.49. The van der Waals surface area contributed by atoms with E-state index >= 15 is 0 Å². The number of hydrogen-bond acceptors (Lipinski definition) is 9. The molecule has 9 nitrogen and oxygen atoms in total. The average Bonchev–Trinajstić information content (AvgIpc) is 3.58. The zero-order valence-corrected chi connectivity index (χ0v) is 21.9. The minimum Gasteiger partial charge on any atom is -0.373 e. The van der Waals surface area contributed by atoms with Crippen LogP contribution < -0.4 is 17.2 Å². The minimum atomic E-state index is -0.364. The molecule has 0 aromatic heterocycles. The van der Waals surface area contributed by atoms with Crippen molar-refractivity contribution < 1.29 is 28.4 Å². The first-order valence-electron chi connectivity index (χ1n) is 14.3. The molecule has 6 fully saturated rings. The van der Waals surface area contributed by atoms with Gasteiger partial charge in [0.1, 0.15) is 0 Å². The van der Waals surface area contributed by atoms with E-state index in [0.717, 1.165) is 97.4 Å². The third kappa shape index (κ3) is 7.39. The summed E-state index contributed by atoms with van der Waals surface area (Å²) in [5.74, 6) is 0.553. The smallest absolute Gasteiger partial charge is 0.0827 e. The van der Waals surface area contributed by atoms with Crippen molar-refractivity contribution >= 4 is 0 Å². The maximum absolute atomic E-state index is 7.36. The van der Waals surface area contributed by atoms with Gasteiger partial charge in [0.25, 0.3) is 0 Å². The summed E-state index contributed by atoms with van der Waals surface area (Å²) in [5.41, 5.74) is 20.6. The van der Waals surface area contributed by atoms with Crippen LogP contribution in [0.25, 0.3) is 0 Å². The molecule has 0 amide bonds. The van der Waals surface area contributed by atoms with Gasteiger partial charge in [-0.3, -0.25) is 0 Å². The van der Waals surface area contributed by atoms with Gasteiger partial charge in [0, 0.05) is 16.6 Å². The third-order valence-electron chi connectivity index (χ3n) is 9.54. The minimum absolute atomic E-state index is 0.260. The maximum atomic E-state index is 7.36. The second kappa shape index (κ2) is 9.99. The Bertz CT molecular complexity index is 719. The molecule has 0 aromatic rings. The van der Waals surface area contributed by atoms with E-state index in [2.05, 4.69) is 6.92 Å². The summed E-state index contributed by atoms with van der Waals surface area (Å²) in [7, 11) is 0. The van der Waals surface area contributed by atoms with Crippen molar-refractivity contribution in [3.63, 3.8) is 0 Å².